The van der Waals surface area contributed by atoms with E-state index in [4.69, 9.17) is 9.15 Å². The number of benzene rings is 2. The molecule has 0 atom stereocenters. The number of hydrogen-bond acceptors (Lipinski definition) is 5. The highest BCUT2D eigenvalue weighted by atomic mass is 32.2. The zero-order valence-corrected chi connectivity index (χ0v) is 15.2. The molecule has 0 radical (unpaired) electrons. The van der Waals surface area contributed by atoms with Gasteiger partial charge < -0.3 is 14.5 Å². The van der Waals surface area contributed by atoms with Gasteiger partial charge in [0.1, 0.15) is 18.0 Å². The summed E-state index contributed by atoms with van der Waals surface area (Å²) < 4.78 is 10.8. The maximum atomic E-state index is 11.9. The van der Waals surface area contributed by atoms with Crippen molar-refractivity contribution in [3.63, 3.8) is 0 Å². The van der Waals surface area contributed by atoms with Gasteiger partial charge in [0.15, 0.2) is 0 Å². The molecular weight excluding hydrogens is 350 g/mol. The Kier molecular flexibility index (Phi) is 5.96. The van der Waals surface area contributed by atoms with Gasteiger partial charge in [-0.25, -0.2) is 0 Å². The number of carbonyl (C=O) groups is 2. The average Bonchev–Trinajstić information content (AvgIpc) is 3.05. The van der Waals surface area contributed by atoms with Crippen molar-refractivity contribution in [3.8, 4) is 0 Å². The fraction of sp³-hybridized carbons (Fsp3) is 0.200. The van der Waals surface area contributed by atoms with E-state index in [9.17, 15) is 9.59 Å². The van der Waals surface area contributed by atoms with Crippen LogP contribution in [-0.2, 0) is 20.9 Å². The summed E-state index contributed by atoms with van der Waals surface area (Å²) in [5.74, 6) is 0.374. The smallest absolute Gasteiger partial charge is 0.316 e. The van der Waals surface area contributed by atoms with E-state index in [1.165, 1.54) is 11.8 Å². The second-order valence-electron chi connectivity index (χ2n) is 5.82. The van der Waals surface area contributed by atoms with Crippen molar-refractivity contribution in [3.05, 3.63) is 65.9 Å². The standard InChI is InChI=1S/C20H19NO4S/c1-14-6-8-16(9-7-14)21-19(22)12-26-13-20(23)24-11-17-10-15-4-2-3-5-18(15)25-17/h2-10H,11-13H2,1H3,(H,21,22). The van der Waals surface area contributed by atoms with E-state index in [1.807, 2.05) is 61.5 Å². The summed E-state index contributed by atoms with van der Waals surface area (Å²) in [5.41, 5.74) is 2.64. The fourth-order valence-electron chi connectivity index (χ4n) is 2.36. The van der Waals surface area contributed by atoms with Gasteiger partial charge in [-0.3, -0.25) is 9.59 Å². The van der Waals surface area contributed by atoms with E-state index < -0.39 is 0 Å². The van der Waals surface area contributed by atoms with Crippen molar-refractivity contribution >= 4 is 40.3 Å². The number of esters is 1. The molecule has 134 valence electrons. The molecule has 26 heavy (non-hydrogen) atoms. The molecule has 1 amide bonds. The molecule has 0 spiro atoms. The Hall–Kier alpha value is -2.73. The second-order valence-corrected chi connectivity index (χ2v) is 6.80. The van der Waals surface area contributed by atoms with Crippen LogP contribution in [0.5, 0.6) is 0 Å². The van der Waals surface area contributed by atoms with Gasteiger partial charge in [-0.1, -0.05) is 35.9 Å². The van der Waals surface area contributed by atoms with Gasteiger partial charge in [-0.2, -0.15) is 0 Å². The maximum absolute atomic E-state index is 11.9. The molecule has 0 saturated heterocycles. The number of rotatable bonds is 7. The van der Waals surface area contributed by atoms with Gasteiger partial charge in [0.2, 0.25) is 5.91 Å². The Labute approximate surface area is 155 Å². The first kappa shape index (κ1) is 18.1. The quantitative estimate of drug-likeness (QED) is 0.634. The lowest BCUT2D eigenvalue weighted by molar-refractivity contribution is -0.142. The third-order valence-electron chi connectivity index (χ3n) is 3.64. The molecule has 2 aromatic carbocycles. The number of fused-ring (bicyclic) bond motifs is 1. The van der Waals surface area contributed by atoms with Crippen LogP contribution in [0.15, 0.2) is 59.0 Å². The van der Waals surface area contributed by atoms with Crippen molar-refractivity contribution in [1.82, 2.24) is 0 Å². The van der Waals surface area contributed by atoms with Gasteiger partial charge in [-0.15, -0.1) is 11.8 Å². The van der Waals surface area contributed by atoms with Crippen molar-refractivity contribution in [2.75, 3.05) is 16.8 Å². The summed E-state index contributed by atoms with van der Waals surface area (Å²) in [5, 5.41) is 3.76. The molecule has 0 aliphatic rings. The number of para-hydroxylation sites is 1. The topological polar surface area (TPSA) is 68.5 Å². The number of aryl methyl sites for hydroxylation is 1. The molecule has 0 fully saturated rings. The molecule has 1 N–H and O–H groups in total. The summed E-state index contributed by atoms with van der Waals surface area (Å²) >= 11 is 1.21. The number of amides is 1. The highest BCUT2D eigenvalue weighted by Crippen LogP contribution is 2.19. The molecule has 3 rings (SSSR count). The van der Waals surface area contributed by atoms with E-state index in [1.54, 1.807) is 0 Å². The lowest BCUT2D eigenvalue weighted by Gasteiger charge is -2.05. The van der Waals surface area contributed by atoms with Gasteiger partial charge in [0.25, 0.3) is 0 Å². The van der Waals surface area contributed by atoms with E-state index in [-0.39, 0.29) is 30.0 Å². The number of carbonyl (C=O) groups excluding carboxylic acids is 2. The van der Waals surface area contributed by atoms with Crippen molar-refractivity contribution in [2.45, 2.75) is 13.5 Å². The van der Waals surface area contributed by atoms with Crippen LogP contribution in [-0.4, -0.2) is 23.4 Å². The van der Waals surface area contributed by atoms with Gasteiger partial charge >= 0.3 is 5.97 Å². The summed E-state index contributed by atoms with van der Waals surface area (Å²) in [6.07, 6.45) is 0. The predicted octanol–water partition coefficient (Wildman–Crippen LogP) is 4.16. The third-order valence-corrected chi connectivity index (χ3v) is 4.55. The van der Waals surface area contributed by atoms with Gasteiger partial charge in [0.05, 0.1) is 11.5 Å². The molecule has 0 aliphatic carbocycles. The zero-order chi connectivity index (χ0) is 18.4. The molecular formula is C20H19NO4S. The van der Waals surface area contributed by atoms with E-state index >= 15 is 0 Å². The molecule has 5 nitrogen and oxygen atoms in total. The Morgan fingerprint density at radius 1 is 1.08 bits per heavy atom. The highest BCUT2D eigenvalue weighted by molar-refractivity contribution is 8.00. The Bertz CT molecular complexity index is 869. The number of furan rings is 1. The first-order chi connectivity index (χ1) is 12.6. The van der Waals surface area contributed by atoms with Crippen LogP contribution in [0.2, 0.25) is 0 Å². The van der Waals surface area contributed by atoms with Crippen LogP contribution in [0.25, 0.3) is 11.0 Å². The van der Waals surface area contributed by atoms with Crippen LogP contribution in [0.4, 0.5) is 5.69 Å². The lowest BCUT2D eigenvalue weighted by atomic mass is 10.2. The molecule has 0 saturated carbocycles. The van der Waals surface area contributed by atoms with Crippen LogP contribution >= 0.6 is 11.8 Å². The average molecular weight is 369 g/mol. The normalized spacial score (nSPS) is 10.7. The number of ether oxygens (including phenoxy) is 1. The molecule has 0 unspecified atom stereocenters. The molecule has 1 aromatic heterocycles. The van der Waals surface area contributed by atoms with Crippen LogP contribution in [0.3, 0.4) is 0 Å². The van der Waals surface area contributed by atoms with Crippen LogP contribution in [0, 0.1) is 6.92 Å². The third kappa shape index (κ3) is 5.13. The van der Waals surface area contributed by atoms with Gasteiger partial charge in [0, 0.05) is 11.1 Å². The first-order valence-electron chi connectivity index (χ1n) is 8.17. The van der Waals surface area contributed by atoms with Crippen molar-refractivity contribution in [2.24, 2.45) is 0 Å². The molecule has 0 aliphatic heterocycles. The van der Waals surface area contributed by atoms with E-state index in [2.05, 4.69) is 5.32 Å². The van der Waals surface area contributed by atoms with Crippen LogP contribution < -0.4 is 5.32 Å². The number of nitrogens with one attached hydrogen (secondary N) is 1. The summed E-state index contributed by atoms with van der Waals surface area (Å²) in [4.78, 5) is 23.7. The Morgan fingerprint density at radius 3 is 2.62 bits per heavy atom. The minimum Gasteiger partial charge on any atom is -0.457 e. The summed E-state index contributed by atoms with van der Waals surface area (Å²) in [6, 6.07) is 17.0. The van der Waals surface area contributed by atoms with Crippen LogP contribution in [0.1, 0.15) is 11.3 Å². The molecule has 0 bridgehead atoms. The van der Waals surface area contributed by atoms with Crippen molar-refractivity contribution < 1.29 is 18.7 Å². The van der Waals surface area contributed by atoms with Crippen molar-refractivity contribution in [1.29, 1.82) is 0 Å². The zero-order valence-electron chi connectivity index (χ0n) is 14.4. The number of anilines is 1. The molecule has 1 heterocycles. The Morgan fingerprint density at radius 2 is 1.85 bits per heavy atom. The monoisotopic (exact) mass is 369 g/mol. The second kappa shape index (κ2) is 8.58. The SMILES string of the molecule is Cc1ccc(NC(=O)CSCC(=O)OCc2cc3ccccc3o2)cc1. The predicted molar refractivity (Wildman–Crippen MR) is 103 cm³/mol. The van der Waals surface area contributed by atoms with Gasteiger partial charge in [-0.05, 0) is 31.2 Å². The molecule has 3 aromatic rings. The minimum atomic E-state index is -0.376. The Balaban J connectivity index is 1.37. The molecule has 6 heteroatoms. The first-order valence-corrected chi connectivity index (χ1v) is 9.33. The van der Waals surface area contributed by atoms with E-state index in [0.717, 1.165) is 22.2 Å². The largest absolute Gasteiger partial charge is 0.457 e. The maximum Gasteiger partial charge on any atom is 0.316 e. The fourth-order valence-corrected chi connectivity index (χ4v) is 2.97. The lowest BCUT2D eigenvalue weighted by Crippen LogP contribution is -2.16. The minimum absolute atomic E-state index is 0.0869. The van der Waals surface area contributed by atoms with E-state index in [0.29, 0.717) is 5.76 Å². The number of hydrogen-bond donors (Lipinski definition) is 1. The summed E-state index contributed by atoms with van der Waals surface area (Å²) in [7, 11) is 0. The highest BCUT2D eigenvalue weighted by Gasteiger charge is 2.09. The summed E-state index contributed by atoms with van der Waals surface area (Å²) in [6.45, 7) is 2.07. The number of thioether (sulfide) groups is 1.